The number of ether oxygens (including phenoxy) is 5. The maximum absolute atomic E-state index is 15.4. The number of Topliss-reactive ketones (excluding diaryl/α,β-unsaturated/α-hetero) is 2. The zero-order valence-electron chi connectivity index (χ0n) is 35.0. The number of carbonyl (C=O) groups excluding carboxylic acids is 2. The molecule has 2 unspecified atom stereocenters. The monoisotopic (exact) mass is 824 g/mol. The molecule has 7 aromatic carbocycles. The summed E-state index contributed by atoms with van der Waals surface area (Å²) in [6.07, 6.45) is 0.613. The maximum Gasteiger partial charge on any atom is 0.181 e. The van der Waals surface area contributed by atoms with Gasteiger partial charge in [-0.25, -0.2) is 0 Å². The molecule has 0 saturated heterocycles. The lowest BCUT2D eigenvalue weighted by molar-refractivity contribution is 0.0855. The standard InChI is InChI=1S/C54H48O8/c1-35-19-23-44(48(55)25-35)53(56)52(45-24-22-42(58-3)28-51(45)61-33-39-17-11-6-12-18-39)54(57)46-30-47(50(26-36(46)2)60-32-38-15-9-5-10-16-38)41-27-40-20-21-43(29-49(40)62-34-41)59-31-37-13-7-4-8-14-37/h4-26,28-30,41,52,55H,27,31-34H2,1-3H3. The zero-order chi connectivity index (χ0) is 43.0. The summed E-state index contributed by atoms with van der Waals surface area (Å²) in [5.41, 5.74) is 6.88. The van der Waals surface area contributed by atoms with Crippen LogP contribution in [0.4, 0.5) is 0 Å². The number of methoxy groups -OCH3 is 1. The summed E-state index contributed by atoms with van der Waals surface area (Å²) in [6.45, 7) is 4.94. The van der Waals surface area contributed by atoms with Crippen molar-refractivity contribution < 1.29 is 38.4 Å². The van der Waals surface area contributed by atoms with Gasteiger partial charge in [-0.05, 0) is 90.0 Å². The van der Waals surface area contributed by atoms with Crippen molar-refractivity contribution in [2.75, 3.05) is 13.7 Å². The van der Waals surface area contributed by atoms with E-state index in [0.717, 1.165) is 39.1 Å². The molecule has 8 nitrogen and oxygen atoms in total. The topological polar surface area (TPSA) is 101 Å². The number of fused-ring (bicyclic) bond motifs is 1. The molecule has 2 atom stereocenters. The summed E-state index contributed by atoms with van der Waals surface area (Å²) in [7, 11) is 1.55. The van der Waals surface area contributed by atoms with E-state index in [2.05, 4.69) is 0 Å². The second-order valence-electron chi connectivity index (χ2n) is 15.6. The highest BCUT2D eigenvalue weighted by Crippen LogP contribution is 2.42. The van der Waals surface area contributed by atoms with E-state index in [1.807, 2.05) is 135 Å². The fourth-order valence-corrected chi connectivity index (χ4v) is 7.83. The molecule has 0 spiro atoms. The number of rotatable bonds is 16. The van der Waals surface area contributed by atoms with E-state index >= 15 is 4.79 Å². The van der Waals surface area contributed by atoms with Gasteiger partial charge in [0.15, 0.2) is 11.6 Å². The van der Waals surface area contributed by atoms with Crippen LogP contribution in [-0.4, -0.2) is 30.4 Å². The third kappa shape index (κ3) is 9.50. The van der Waals surface area contributed by atoms with E-state index in [1.165, 1.54) is 6.07 Å². The van der Waals surface area contributed by atoms with E-state index in [9.17, 15) is 9.90 Å². The van der Waals surface area contributed by atoms with Crippen LogP contribution in [0, 0.1) is 13.8 Å². The molecule has 8 heteroatoms. The van der Waals surface area contributed by atoms with Crippen LogP contribution < -0.4 is 23.7 Å². The fourth-order valence-electron chi connectivity index (χ4n) is 7.83. The molecule has 1 aliphatic heterocycles. The highest BCUT2D eigenvalue weighted by molar-refractivity contribution is 6.21. The Balaban J connectivity index is 1.18. The van der Waals surface area contributed by atoms with Gasteiger partial charge in [-0.15, -0.1) is 0 Å². The Morgan fingerprint density at radius 3 is 1.85 bits per heavy atom. The Morgan fingerprint density at radius 1 is 0.629 bits per heavy atom. The average Bonchev–Trinajstić information content (AvgIpc) is 3.30. The molecule has 0 bridgehead atoms. The summed E-state index contributed by atoms with van der Waals surface area (Å²) in [4.78, 5) is 30.3. The lowest BCUT2D eigenvalue weighted by Crippen LogP contribution is -2.25. The van der Waals surface area contributed by atoms with Crippen LogP contribution >= 0.6 is 0 Å². The highest BCUT2D eigenvalue weighted by Gasteiger charge is 2.36. The van der Waals surface area contributed by atoms with Crippen molar-refractivity contribution in [3.05, 3.63) is 213 Å². The number of hydrogen-bond acceptors (Lipinski definition) is 8. The summed E-state index contributed by atoms with van der Waals surface area (Å²) in [6, 6.07) is 49.1. The average molecular weight is 825 g/mol. The summed E-state index contributed by atoms with van der Waals surface area (Å²) >= 11 is 0. The van der Waals surface area contributed by atoms with Gasteiger partial charge in [0.25, 0.3) is 0 Å². The van der Waals surface area contributed by atoms with Gasteiger partial charge in [-0.3, -0.25) is 9.59 Å². The molecule has 0 radical (unpaired) electrons. The van der Waals surface area contributed by atoms with Crippen LogP contribution in [0.1, 0.15) is 77.1 Å². The summed E-state index contributed by atoms with van der Waals surface area (Å²) in [5.74, 6) is 0.0903. The van der Waals surface area contributed by atoms with Crippen molar-refractivity contribution >= 4 is 11.6 Å². The van der Waals surface area contributed by atoms with Gasteiger partial charge in [0.1, 0.15) is 60.2 Å². The molecule has 0 fully saturated rings. The third-order valence-electron chi connectivity index (χ3n) is 11.2. The van der Waals surface area contributed by atoms with E-state index in [1.54, 1.807) is 37.4 Å². The lowest BCUT2D eigenvalue weighted by atomic mass is 9.80. The molecule has 8 rings (SSSR count). The highest BCUT2D eigenvalue weighted by atomic mass is 16.5. The largest absolute Gasteiger partial charge is 0.507 e. The van der Waals surface area contributed by atoms with Crippen LogP contribution in [0.3, 0.4) is 0 Å². The van der Waals surface area contributed by atoms with E-state index in [0.29, 0.717) is 65.9 Å². The summed E-state index contributed by atoms with van der Waals surface area (Å²) in [5, 5.41) is 11.1. The minimum atomic E-state index is -1.39. The van der Waals surface area contributed by atoms with Crippen molar-refractivity contribution in [2.45, 2.75) is 51.9 Å². The van der Waals surface area contributed by atoms with Crippen LogP contribution in [0.2, 0.25) is 0 Å². The molecular weight excluding hydrogens is 777 g/mol. The molecule has 0 aromatic heterocycles. The minimum Gasteiger partial charge on any atom is -0.507 e. The molecule has 1 aliphatic rings. The predicted molar refractivity (Wildman–Crippen MR) is 239 cm³/mol. The Morgan fingerprint density at radius 2 is 1.23 bits per heavy atom. The Hall–Kier alpha value is -7.32. The number of hydrogen-bond donors (Lipinski definition) is 1. The fraction of sp³-hybridized carbons (Fsp3) is 0.185. The Labute approximate surface area is 362 Å². The quantitative estimate of drug-likeness (QED) is 0.0759. The normalized spacial score (nSPS) is 13.6. The Kier molecular flexibility index (Phi) is 12.7. The third-order valence-corrected chi connectivity index (χ3v) is 11.2. The van der Waals surface area contributed by atoms with Crippen LogP contribution in [0.15, 0.2) is 158 Å². The number of phenols is 1. The molecule has 0 saturated carbocycles. The number of benzene rings is 7. The molecule has 1 heterocycles. The van der Waals surface area contributed by atoms with Gasteiger partial charge >= 0.3 is 0 Å². The van der Waals surface area contributed by atoms with Gasteiger partial charge in [-0.2, -0.15) is 0 Å². The first-order valence-electron chi connectivity index (χ1n) is 20.7. The van der Waals surface area contributed by atoms with Crippen molar-refractivity contribution in [3.63, 3.8) is 0 Å². The second-order valence-corrected chi connectivity index (χ2v) is 15.6. The van der Waals surface area contributed by atoms with Gasteiger partial charge in [0.2, 0.25) is 0 Å². The molecule has 0 amide bonds. The summed E-state index contributed by atoms with van der Waals surface area (Å²) < 4.78 is 31.1. The number of carbonyl (C=O) groups is 2. The van der Waals surface area contributed by atoms with Crippen molar-refractivity contribution in [3.8, 4) is 34.5 Å². The first-order valence-corrected chi connectivity index (χ1v) is 20.7. The van der Waals surface area contributed by atoms with Crippen LogP contribution in [0.25, 0.3) is 0 Å². The smallest absolute Gasteiger partial charge is 0.181 e. The van der Waals surface area contributed by atoms with Crippen molar-refractivity contribution in [2.24, 2.45) is 0 Å². The first-order chi connectivity index (χ1) is 30.2. The molecule has 0 aliphatic carbocycles. The Bertz CT molecular complexity index is 2680. The SMILES string of the molecule is COc1ccc(C(C(=O)c2cc(C3COc4cc(OCc5ccccc5)ccc4C3)c(OCc3ccccc3)cc2C)C(=O)c2ccc(C)cc2O)c(OCc2ccccc2)c1. The number of aromatic hydroxyl groups is 1. The van der Waals surface area contributed by atoms with E-state index in [4.69, 9.17) is 23.7 Å². The molecule has 312 valence electrons. The zero-order valence-corrected chi connectivity index (χ0v) is 35.0. The molecular formula is C54H48O8. The van der Waals surface area contributed by atoms with Crippen molar-refractivity contribution in [1.29, 1.82) is 0 Å². The molecule has 1 N–H and O–H groups in total. The van der Waals surface area contributed by atoms with Gasteiger partial charge < -0.3 is 28.8 Å². The maximum atomic E-state index is 15.4. The van der Waals surface area contributed by atoms with Crippen LogP contribution in [-0.2, 0) is 26.2 Å². The number of phenolic OH excluding ortho intramolecular Hbond substituents is 1. The van der Waals surface area contributed by atoms with E-state index in [-0.39, 0.29) is 23.8 Å². The van der Waals surface area contributed by atoms with Crippen LogP contribution in [0.5, 0.6) is 34.5 Å². The van der Waals surface area contributed by atoms with Gasteiger partial charge in [-0.1, -0.05) is 109 Å². The molecule has 62 heavy (non-hydrogen) atoms. The second kappa shape index (κ2) is 18.9. The minimum absolute atomic E-state index is 0.0314. The predicted octanol–water partition coefficient (Wildman–Crippen LogP) is 11.3. The molecule has 7 aromatic rings. The van der Waals surface area contributed by atoms with Crippen molar-refractivity contribution in [1.82, 2.24) is 0 Å². The van der Waals surface area contributed by atoms with Gasteiger partial charge in [0, 0.05) is 34.7 Å². The van der Waals surface area contributed by atoms with Gasteiger partial charge in [0.05, 0.1) is 19.3 Å². The number of aryl methyl sites for hydroxylation is 2. The number of ketones is 2. The first kappa shape index (κ1) is 41.4. The van der Waals surface area contributed by atoms with E-state index < -0.39 is 17.5 Å². The lowest BCUT2D eigenvalue weighted by Gasteiger charge is -2.28.